The zero-order chi connectivity index (χ0) is 24.2. The van der Waals surface area contributed by atoms with E-state index in [2.05, 4.69) is 15.3 Å². The quantitative estimate of drug-likeness (QED) is 0.617. The van der Waals surface area contributed by atoms with Crippen molar-refractivity contribution in [3.8, 4) is 5.88 Å². The Bertz CT molecular complexity index is 959. The first-order valence-electron chi connectivity index (χ1n) is 10.1. The van der Waals surface area contributed by atoms with Crippen molar-refractivity contribution < 1.29 is 36.2 Å². The summed E-state index contributed by atoms with van der Waals surface area (Å²) in [4.78, 5) is 20.9. The van der Waals surface area contributed by atoms with Gasteiger partial charge in [-0.1, -0.05) is 37.3 Å². The van der Waals surface area contributed by atoms with Crippen molar-refractivity contribution in [1.29, 1.82) is 0 Å². The second-order valence-corrected chi connectivity index (χ2v) is 7.77. The van der Waals surface area contributed by atoms with E-state index in [0.29, 0.717) is 11.8 Å². The van der Waals surface area contributed by atoms with Crippen LogP contribution in [0.3, 0.4) is 0 Å². The van der Waals surface area contributed by atoms with Crippen LogP contribution in [0.1, 0.15) is 24.5 Å². The molecule has 1 aromatic carbocycles. The highest BCUT2D eigenvalue weighted by atomic mass is 19.4. The van der Waals surface area contributed by atoms with Crippen LogP contribution in [0.25, 0.3) is 0 Å². The number of rotatable bonds is 6. The predicted molar refractivity (Wildman–Crippen MR) is 108 cm³/mol. The standard InChI is InChI=1S/C21H23F5N4O3/c1-13-8-20(22,23)12-30(19(31)33-11-14-6-4-3-5-7-14)16(13)10-28-18-27-9-15(21(24,25)26)17(29-18)32-2/h3-7,9,13,16H,8,10-12H2,1-2H3,(H,27,28,29). The minimum Gasteiger partial charge on any atom is -0.480 e. The van der Waals surface area contributed by atoms with Gasteiger partial charge in [0.2, 0.25) is 11.8 Å². The van der Waals surface area contributed by atoms with Gasteiger partial charge in [0.05, 0.1) is 19.7 Å². The number of hydrogen-bond acceptors (Lipinski definition) is 6. The van der Waals surface area contributed by atoms with Crippen LogP contribution in [0.4, 0.5) is 32.7 Å². The molecule has 7 nitrogen and oxygen atoms in total. The Morgan fingerprint density at radius 1 is 1.27 bits per heavy atom. The Morgan fingerprint density at radius 3 is 2.61 bits per heavy atom. The van der Waals surface area contributed by atoms with Gasteiger partial charge in [0.25, 0.3) is 5.92 Å². The molecule has 1 fully saturated rings. The maximum atomic E-state index is 14.2. The van der Waals surface area contributed by atoms with Crippen LogP contribution in [-0.2, 0) is 17.5 Å². The normalized spacial score (nSPS) is 20.3. The number of hydrogen-bond donors (Lipinski definition) is 1. The van der Waals surface area contributed by atoms with E-state index in [1.54, 1.807) is 37.3 Å². The van der Waals surface area contributed by atoms with Crippen LogP contribution in [0, 0.1) is 5.92 Å². The molecule has 0 aliphatic carbocycles. The molecule has 1 amide bonds. The molecular weight excluding hydrogens is 451 g/mol. The van der Waals surface area contributed by atoms with Crippen LogP contribution >= 0.6 is 0 Å². The summed E-state index contributed by atoms with van der Waals surface area (Å²) in [6.45, 7) is 0.557. The third-order valence-corrected chi connectivity index (χ3v) is 5.24. The van der Waals surface area contributed by atoms with E-state index < -0.39 is 54.6 Å². The van der Waals surface area contributed by atoms with Gasteiger partial charge in [0.1, 0.15) is 12.2 Å². The first kappa shape index (κ1) is 24.5. The van der Waals surface area contributed by atoms with Gasteiger partial charge in [-0.2, -0.15) is 18.2 Å². The van der Waals surface area contributed by atoms with Crippen molar-refractivity contribution in [1.82, 2.24) is 14.9 Å². The number of nitrogens with one attached hydrogen (secondary N) is 1. The topological polar surface area (TPSA) is 76.6 Å². The highest BCUT2D eigenvalue weighted by molar-refractivity contribution is 5.68. The molecule has 3 rings (SSSR count). The number of ether oxygens (including phenoxy) is 2. The van der Waals surface area contributed by atoms with Crippen molar-refractivity contribution in [3.05, 3.63) is 47.7 Å². The number of halogens is 5. The lowest BCUT2D eigenvalue weighted by Gasteiger charge is -2.42. The monoisotopic (exact) mass is 474 g/mol. The van der Waals surface area contributed by atoms with Crippen LogP contribution in [-0.4, -0.2) is 53.1 Å². The summed E-state index contributed by atoms with van der Waals surface area (Å²) < 4.78 is 77.3. The van der Waals surface area contributed by atoms with Crippen molar-refractivity contribution in [3.63, 3.8) is 0 Å². The fourth-order valence-electron chi connectivity index (χ4n) is 3.66. The Balaban J connectivity index is 1.72. The van der Waals surface area contributed by atoms with Gasteiger partial charge >= 0.3 is 12.3 Å². The summed E-state index contributed by atoms with van der Waals surface area (Å²) in [6.07, 6.45) is -5.51. The highest BCUT2D eigenvalue weighted by Crippen LogP contribution is 2.36. The van der Waals surface area contributed by atoms with Crippen LogP contribution in [0.5, 0.6) is 5.88 Å². The Hall–Kier alpha value is -3.18. The minimum absolute atomic E-state index is 0.0772. The number of alkyl halides is 5. The summed E-state index contributed by atoms with van der Waals surface area (Å²) in [7, 11) is 1.04. The molecule has 12 heteroatoms. The van der Waals surface area contributed by atoms with Crippen molar-refractivity contribution in [2.75, 3.05) is 25.5 Å². The number of amides is 1. The number of likely N-dealkylation sites (tertiary alicyclic amines) is 1. The number of anilines is 1. The summed E-state index contributed by atoms with van der Waals surface area (Å²) in [5.41, 5.74) is -0.449. The summed E-state index contributed by atoms with van der Waals surface area (Å²) in [5.74, 6) is -4.61. The van der Waals surface area contributed by atoms with Crippen molar-refractivity contribution in [2.24, 2.45) is 5.92 Å². The lowest BCUT2D eigenvalue weighted by Crippen LogP contribution is -2.57. The number of methoxy groups -OCH3 is 1. The average Bonchev–Trinajstić information content (AvgIpc) is 2.75. The van der Waals surface area contributed by atoms with Gasteiger partial charge in [-0.25, -0.2) is 18.6 Å². The van der Waals surface area contributed by atoms with Crippen LogP contribution in [0.15, 0.2) is 36.5 Å². The predicted octanol–water partition coefficient (Wildman–Crippen LogP) is 4.60. The molecule has 0 spiro atoms. The lowest BCUT2D eigenvalue weighted by atomic mass is 9.89. The number of piperidine rings is 1. The maximum absolute atomic E-state index is 14.2. The molecule has 1 aliphatic rings. The molecule has 180 valence electrons. The van der Waals surface area contributed by atoms with Gasteiger partial charge in [0, 0.05) is 19.2 Å². The molecule has 2 unspecified atom stereocenters. The van der Waals surface area contributed by atoms with Gasteiger partial charge in [-0.05, 0) is 11.5 Å². The van der Waals surface area contributed by atoms with Gasteiger partial charge in [0.15, 0.2) is 0 Å². The molecule has 2 heterocycles. The Labute approximate surface area is 186 Å². The Morgan fingerprint density at radius 2 is 1.97 bits per heavy atom. The molecule has 2 aromatic rings. The SMILES string of the molecule is COc1nc(NCC2C(C)CC(F)(F)CN2C(=O)OCc2ccccc2)ncc1C(F)(F)F. The largest absolute Gasteiger partial charge is 0.480 e. The minimum atomic E-state index is -4.70. The molecule has 1 aliphatic heterocycles. The van der Waals surface area contributed by atoms with Crippen LogP contribution in [0.2, 0.25) is 0 Å². The number of nitrogens with zero attached hydrogens (tertiary/aromatic N) is 3. The molecule has 33 heavy (non-hydrogen) atoms. The molecule has 0 bridgehead atoms. The third-order valence-electron chi connectivity index (χ3n) is 5.24. The fraction of sp³-hybridized carbons (Fsp3) is 0.476. The van der Waals surface area contributed by atoms with Crippen molar-refractivity contribution >= 4 is 12.0 Å². The Kier molecular flexibility index (Phi) is 7.23. The summed E-state index contributed by atoms with van der Waals surface area (Å²) in [5, 5.41) is 2.72. The van der Waals surface area contributed by atoms with Gasteiger partial charge in [-0.15, -0.1) is 0 Å². The van der Waals surface area contributed by atoms with Crippen molar-refractivity contribution in [2.45, 2.75) is 38.1 Å². The molecule has 0 radical (unpaired) electrons. The average molecular weight is 474 g/mol. The van der Waals surface area contributed by atoms with E-state index >= 15 is 0 Å². The number of aromatic nitrogens is 2. The fourth-order valence-corrected chi connectivity index (χ4v) is 3.66. The number of carbonyl (C=O) groups is 1. The number of carbonyl (C=O) groups excluding carboxylic acids is 1. The van der Waals surface area contributed by atoms with Gasteiger partial charge < -0.3 is 14.8 Å². The van der Waals surface area contributed by atoms with Crippen LogP contribution < -0.4 is 10.1 Å². The second-order valence-electron chi connectivity index (χ2n) is 7.77. The van der Waals surface area contributed by atoms with E-state index in [1.807, 2.05) is 0 Å². The van der Waals surface area contributed by atoms with E-state index in [1.165, 1.54) is 0 Å². The molecule has 1 N–H and O–H groups in total. The molecule has 0 saturated carbocycles. The van der Waals surface area contributed by atoms with Gasteiger partial charge in [-0.3, -0.25) is 4.90 Å². The van der Waals surface area contributed by atoms with E-state index in [-0.39, 0.29) is 19.1 Å². The third kappa shape index (κ3) is 6.20. The first-order chi connectivity index (χ1) is 15.5. The molecule has 2 atom stereocenters. The smallest absolute Gasteiger partial charge is 0.423 e. The summed E-state index contributed by atoms with van der Waals surface area (Å²) >= 11 is 0. The first-order valence-corrected chi connectivity index (χ1v) is 10.1. The molecular formula is C21H23F5N4O3. The molecule has 1 saturated heterocycles. The van der Waals surface area contributed by atoms with E-state index in [4.69, 9.17) is 9.47 Å². The zero-order valence-electron chi connectivity index (χ0n) is 17.9. The lowest BCUT2D eigenvalue weighted by molar-refractivity contribution is -0.139. The van der Waals surface area contributed by atoms with E-state index in [0.717, 1.165) is 12.0 Å². The maximum Gasteiger partial charge on any atom is 0.423 e. The highest BCUT2D eigenvalue weighted by Gasteiger charge is 2.46. The van der Waals surface area contributed by atoms with E-state index in [9.17, 15) is 26.7 Å². The number of benzene rings is 1. The summed E-state index contributed by atoms with van der Waals surface area (Å²) in [6, 6.07) is 8.03. The molecule has 1 aromatic heterocycles. The second kappa shape index (κ2) is 9.75. The zero-order valence-corrected chi connectivity index (χ0v) is 17.9.